The van der Waals surface area contributed by atoms with Gasteiger partial charge < -0.3 is 19.9 Å². The number of aryl methyl sites for hydroxylation is 2. The summed E-state index contributed by atoms with van der Waals surface area (Å²) in [6.07, 6.45) is 0.861. The summed E-state index contributed by atoms with van der Waals surface area (Å²) in [5.41, 5.74) is 4.14. The molecule has 0 aliphatic carbocycles. The average molecular weight is 396 g/mol. The lowest BCUT2D eigenvalue weighted by atomic mass is 10.1. The first-order chi connectivity index (χ1) is 14.0. The highest BCUT2D eigenvalue weighted by atomic mass is 16.5. The second-order valence-electron chi connectivity index (χ2n) is 7.29. The van der Waals surface area contributed by atoms with E-state index in [0.29, 0.717) is 5.75 Å². The monoisotopic (exact) mass is 395 g/mol. The molecule has 154 valence electrons. The quantitative estimate of drug-likeness (QED) is 0.816. The first-order valence-corrected chi connectivity index (χ1v) is 10.1. The van der Waals surface area contributed by atoms with Gasteiger partial charge in [-0.3, -0.25) is 9.59 Å². The summed E-state index contributed by atoms with van der Waals surface area (Å²) in [6.45, 7) is 8.76. The molecule has 1 fully saturated rings. The maximum atomic E-state index is 12.3. The largest absolute Gasteiger partial charge is 0.484 e. The fraction of sp³-hybridized carbons (Fsp3) is 0.391. The minimum Gasteiger partial charge on any atom is -0.484 e. The lowest BCUT2D eigenvalue weighted by Crippen LogP contribution is -2.48. The molecule has 2 aromatic carbocycles. The molecule has 1 saturated heterocycles. The minimum atomic E-state index is -0.168. The molecule has 1 N–H and O–H groups in total. The van der Waals surface area contributed by atoms with Gasteiger partial charge in [-0.25, -0.2) is 0 Å². The Kier molecular flexibility index (Phi) is 6.75. The van der Waals surface area contributed by atoms with E-state index in [1.807, 2.05) is 54.3 Å². The zero-order valence-corrected chi connectivity index (χ0v) is 17.4. The van der Waals surface area contributed by atoms with Crippen LogP contribution in [0.25, 0.3) is 0 Å². The summed E-state index contributed by atoms with van der Waals surface area (Å²) in [4.78, 5) is 27.9. The van der Waals surface area contributed by atoms with Gasteiger partial charge in [-0.1, -0.05) is 25.1 Å². The molecule has 0 saturated carbocycles. The zero-order valence-electron chi connectivity index (χ0n) is 17.4. The standard InChI is InChI=1S/C23H29N3O3/c1-4-19-7-5-6-17(2)23(19)24-22(28)16-29-21-10-8-20(9-11-21)26-14-12-25(13-15-26)18(3)27/h5-11H,4,12-16H2,1-3H3,(H,24,28). The molecule has 0 aromatic heterocycles. The predicted molar refractivity (Wildman–Crippen MR) is 116 cm³/mol. The second kappa shape index (κ2) is 9.45. The van der Waals surface area contributed by atoms with Crippen molar-refractivity contribution in [3.8, 4) is 5.75 Å². The normalized spacial score (nSPS) is 13.9. The molecule has 3 rings (SSSR count). The molecular weight excluding hydrogens is 366 g/mol. The van der Waals surface area contributed by atoms with Crippen LogP contribution in [0.1, 0.15) is 25.0 Å². The highest BCUT2D eigenvalue weighted by Crippen LogP contribution is 2.22. The third kappa shape index (κ3) is 5.28. The van der Waals surface area contributed by atoms with E-state index in [4.69, 9.17) is 4.74 Å². The summed E-state index contributed by atoms with van der Waals surface area (Å²) in [5, 5.41) is 2.97. The molecule has 1 aliphatic heterocycles. The van der Waals surface area contributed by atoms with Gasteiger partial charge in [0.25, 0.3) is 5.91 Å². The summed E-state index contributed by atoms with van der Waals surface area (Å²) in [5.74, 6) is 0.619. The number of carbonyl (C=O) groups is 2. The Morgan fingerprint density at radius 2 is 1.72 bits per heavy atom. The number of rotatable bonds is 6. The Hall–Kier alpha value is -3.02. The SMILES string of the molecule is CCc1cccc(C)c1NC(=O)COc1ccc(N2CCN(C(C)=O)CC2)cc1. The number of nitrogens with zero attached hydrogens (tertiary/aromatic N) is 2. The van der Waals surface area contributed by atoms with Gasteiger partial charge in [0.2, 0.25) is 5.91 Å². The summed E-state index contributed by atoms with van der Waals surface area (Å²) < 4.78 is 5.66. The topological polar surface area (TPSA) is 61.9 Å². The number of piperazine rings is 1. The number of anilines is 2. The molecule has 1 aliphatic rings. The van der Waals surface area contributed by atoms with E-state index in [-0.39, 0.29) is 18.4 Å². The van der Waals surface area contributed by atoms with Gasteiger partial charge >= 0.3 is 0 Å². The van der Waals surface area contributed by atoms with Crippen LogP contribution in [0, 0.1) is 6.92 Å². The van der Waals surface area contributed by atoms with Gasteiger partial charge in [0.05, 0.1) is 0 Å². The Morgan fingerprint density at radius 1 is 1.03 bits per heavy atom. The number of ether oxygens (including phenoxy) is 1. The molecule has 0 unspecified atom stereocenters. The lowest BCUT2D eigenvalue weighted by molar-refractivity contribution is -0.129. The van der Waals surface area contributed by atoms with Crippen molar-refractivity contribution in [1.29, 1.82) is 0 Å². The van der Waals surface area contributed by atoms with E-state index in [2.05, 4.69) is 17.1 Å². The first kappa shape index (κ1) is 20.7. The van der Waals surface area contributed by atoms with Crippen molar-refractivity contribution in [1.82, 2.24) is 4.90 Å². The van der Waals surface area contributed by atoms with E-state index in [9.17, 15) is 9.59 Å². The van der Waals surface area contributed by atoms with Gasteiger partial charge in [-0.2, -0.15) is 0 Å². The van der Waals surface area contributed by atoms with E-state index >= 15 is 0 Å². The maximum absolute atomic E-state index is 12.3. The molecule has 1 heterocycles. The van der Waals surface area contributed by atoms with E-state index < -0.39 is 0 Å². The van der Waals surface area contributed by atoms with Crippen molar-refractivity contribution in [2.75, 3.05) is 43.0 Å². The number of hydrogen-bond donors (Lipinski definition) is 1. The van der Waals surface area contributed by atoms with E-state index in [0.717, 1.165) is 55.1 Å². The molecule has 0 bridgehead atoms. The third-order valence-electron chi connectivity index (χ3n) is 5.30. The first-order valence-electron chi connectivity index (χ1n) is 10.1. The molecule has 0 spiro atoms. The maximum Gasteiger partial charge on any atom is 0.262 e. The Balaban J connectivity index is 1.52. The van der Waals surface area contributed by atoms with Crippen LogP contribution < -0.4 is 15.0 Å². The van der Waals surface area contributed by atoms with Crippen LogP contribution in [0.15, 0.2) is 42.5 Å². The Morgan fingerprint density at radius 3 is 2.34 bits per heavy atom. The van der Waals surface area contributed by atoms with Crippen LogP contribution in [0.2, 0.25) is 0 Å². The van der Waals surface area contributed by atoms with Crippen molar-refractivity contribution in [2.45, 2.75) is 27.2 Å². The van der Waals surface area contributed by atoms with Crippen molar-refractivity contribution < 1.29 is 14.3 Å². The number of carbonyl (C=O) groups excluding carboxylic acids is 2. The van der Waals surface area contributed by atoms with Gasteiger partial charge in [-0.15, -0.1) is 0 Å². The van der Waals surface area contributed by atoms with Gasteiger partial charge in [0, 0.05) is 44.5 Å². The molecule has 0 atom stereocenters. The summed E-state index contributed by atoms with van der Waals surface area (Å²) >= 11 is 0. The van der Waals surface area contributed by atoms with Crippen LogP contribution in [0.4, 0.5) is 11.4 Å². The number of para-hydroxylation sites is 1. The number of amides is 2. The fourth-order valence-corrected chi connectivity index (χ4v) is 3.56. The number of benzene rings is 2. The summed E-state index contributed by atoms with van der Waals surface area (Å²) in [6, 6.07) is 13.8. The van der Waals surface area contributed by atoms with Gasteiger partial charge in [0.1, 0.15) is 5.75 Å². The number of hydrogen-bond acceptors (Lipinski definition) is 4. The van der Waals surface area contributed by atoms with Crippen LogP contribution in [-0.4, -0.2) is 49.5 Å². The van der Waals surface area contributed by atoms with Crippen LogP contribution in [0.3, 0.4) is 0 Å². The van der Waals surface area contributed by atoms with Gasteiger partial charge in [0.15, 0.2) is 6.61 Å². The molecule has 6 nitrogen and oxygen atoms in total. The van der Waals surface area contributed by atoms with Crippen LogP contribution in [-0.2, 0) is 16.0 Å². The third-order valence-corrected chi connectivity index (χ3v) is 5.30. The Bertz CT molecular complexity index is 856. The minimum absolute atomic E-state index is 0.0336. The van der Waals surface area contributed by atoms with Crippen molar-refractivity contribution in [2.24, 2.45) is 0 Å². The summed E-state index contributed by atoms with van der Waals surface area (Å²) in [7, 11) is 0. The van der Waals surface area contributed by atoms with Crippen molar-refractivity contribution in [3.63, 3.8) is 0 Å². The molecule has 6 heteroatoms. The molecule has 2 aromatic rings. The number of nitrogens with one attached hydrogen (secondary N) is 1. The molecule has 2 amide bonds. The highest BCUT2D eigenvalue weighted by Gasteiger charge is 2.18. The second-order valence-corrected chi connectivity index (χ2v) is 7.29. The van der Waals surface area contributed by atoms with Crippen molar-refractivity contribution >= 4 is 23.2 Å². The molecular formula is C23H29N3O3. The molecule has 29 heavy (non-hydrogen) atoms. The van der Waals surface area contributed by atoms with Gasteiger partial charge in [-0.05, 0) is 48.7 Å². The van der Waals surface area contributed by atoms with Crippen molar-refractivity contribution in [3.05, 3.63) is 53.6 Å². The van der Waals surface area contributed by atoms with E-state index in [1.54, 1.807) is 6.92 Å². The fourth-order valence-electron chi connectivity index (χ4n) is 3.56. The Labute approximate surface area is 172 Å². The van der Waals surface area contributed by atoms with Crippen LogP contribution in [0.5, 0.6) is 5.75 Å². The molecule has 0 radical (unpaired) electrons. The highest BCUT2D eigenvalue weighted by molar-refractivity contribution is 5.93. The smallest absolute Gasteiger partial charge is 0.262 e. The predicted octanol–water partition coefficient (Wildman–Crippen LogP) is 3.24. The lowest BCUT2D eigenvalue weighted by Gasteiger charge is -2.35. The average Bonchev–Trinajstić information content (AvgIpc) is 2.74. The van der Waals surface area contributed by atoms with Crippen LogP contribution >= 0.6 is 0 Å². The van der Waals surface area contributed by atoms with E-state index in [1.165, 1.54) is 0 Å². The zero-order chi connectivity index (χ0) is 20.8.